The summed E-state index contributed by atoms with van der Waals surface area (Å²) in [7, 11) is 0. The average molecular weight is 1310 g/mol. The standard InChI is InChI=1S/C90H86N8S/c1-2-12-48-26-53-31-58-36-63-39-64-41-67-44-77-51(29-56(67)34-61(64)38-62(63)35-57(58)30-52(53)25-47(48)11-1)24-23-50-28-55-33-60-37-59-32-54-27-49-13-9-21-80(79(49)46-69(54)43-66(59)40-65(60)42-68(55)45-78(50)77)99-81-22-10-20-76-82(81)90-97-88-75-19-8-7-18-74(75)86(95-88)93-84-71-15-4-3-14-70(71)83(91-84)92-85-72-16-5-6-17-73(72)87(94-85)96-89(76)98-90/h1-2,9,11-13,21,23-46,70-76,81-98H,3-8,10,14-20,22H2. The second kappa shape index (κ2) is 22.5. The maximum Gasteiger partial charge on any atom is 0.0639 e. The van der Waals surface area contributed by atoms with Crippen LogP contribution < -0.4 is 42.5 Å². The van der Waals surface area contributed by atoms with Crippen molar-refractivity contribution in [1.82, 2.24) is 42.5 Å². The molecule has 8 nitrogen and oxygen atoms in total. The van der Waals surface area contributed by atoms with Gasteiger partial charge in [0.05, 0.1) is 49.3 Å². The monoisotopic (exact) mass is 1310 g/mol. The summed E-state index contributed by atoms with van der Waals surface area (Å²) in [5, 5.41) is 69.2. The summed E-state index contributed by atoms with van der Waals surface area (Å²) in [6.45, 7) is 0. The maximum atomic E-state index is 4.50. The number of rotatable bonds is 2. The predicted octanol–water partition coefficient (Wildman–Crippen LogP) is 19.4. The Kier molecular flexibility index (Phi) is 13.2. The molecule has 9 aliphatic rings. The molecule has 8 N–H and O–H groups in total. The van der Waals surface area contributed by atoms with Crippen LogP contribution in [0.4, 0.5) is 0 Å². The zero-order chi connectivity index (χ0) is 64.3. The smallest absolute Gasteiger partial charge is 0.0639 e. The van der Waals surface area contributed by atoms with Gasteiger partial charge in [-0.15, -0.1) is 11.8 Å². The van der Waals surface area contributed by atoms with E-state index in [-0.39, 0.29) is 18.5 Å². The lowest BCUT2D eigenvalue weighted by Crippen LogP contribution is -2.62. The van der Waals surface area contributed by atoms with Crippen molar-refractivity contribution >= 4 is 152 Å². The van der Waals surface area contributed by atoms with Crippen LogP contribution >= 0.6 is 11.8 Å². The molecule has 9 fully saturated rings. The minimum Gasteiger partial charge on any atom is -0.286 e. The Morgan fingerprint density at radius 1 is 0.202 bits per heavy atom. The molecule has 14 aromatic carbocycles. The van der Waals surface area contributed by atoms with Gasteiger partial charge in [0.15, 0.2) is 0 Å². The van der Waals surface area contributed by atoms with Gasteiger partial charge in [0.1, 0.15) is 0 Å². The predicted molar refractivity (Wildman–Crippen MR) is 416 cm³/mol. The Bertz CT molecular complexity index is 5750. The van der Waals surface area contributed by atoms with E-state index < -0.39 is 0 Å². The molecule has 0 aromatic heterocycles. The minimum atomic E-state index is 0.217. The SMILES string of the molecule is c1ccc2cc3cc4cc5cc6cc7cc8c(ccc9cc%10cc%11cc%12cc%13cc%14cccc(SC%15CCCC%16C%17NC%18NC(NC%19NC(NC%20NC(NC(N%17)C%15%16)C%15CCCCC%20%15)C%15CCCCC%19%15)C%15CCCCC%18%15)c%14cc%13cc%12cc%11cc%10cc98)cc7cc6cc5cc4cc3cc2c1. The van der Waals surface area contributed by atoms with Crippen LogP contribution in [0.2, 0.25) is 0 Å². The van der Waals surface area contributed by atoms with Gasteiger partial charge in [-0.05, 0) is 372 Å². The third-order valence-corrected chi connectivity index (χ3v) is 28.8. The normalized spacial score (nSPS) is 31.7. The first kappa shape index (κ1) is 58.2. The largest absolute Gasteiger partial charge is 0.286 e. The zero-order valence-corrected chi connectivity index (χ0v) is 57.0. The van der Waals surface area contributed by atoms with E-state index in [4.69, 9.17) is 0 Å². The Morgan fingerprint density at radius 3 is 0.798 bits per heavy atom. The van der Waals surface area contributed by atoms with E-state index in [0.717, 1.165) is 0 Å². The molecule has 0 spiro atoms. The quantitative estimate of drug-likeness (QED) is 0.0636. The molecule has 17 atom stereocenters. The van der Waals surface area contributed by atoms with Crippen LogP contribution in [0, 0.1) is 47.3 Å². The first-order valence-electron chi connectivity index (χ1n) is 38.3. The van der Waals surface area contributed by atoms with Crippen LogP contribution in [0.25, 0.3) is 140 Å². The van der Waals surface area contributed by atoms with Crippen molar-refractivity contribution in [3.05, 3.63) is 188 Å². The summed E-state index contributed by atoms with van der Waals surface area (Å²) >= 11 is 2.20. The second-order valence-electron chi connectivity index (χ2n) is 32.7. The Morgan fingerprint density at radius 2 is 0.455 bits per heavy atom. The molecule has 8 bridgehead atoms. The van der Waals surface area contributed by atoms with Gasteiger partial charge in [-0.1, -0.05) is 93.5 Å². The molecule has 4 saturated carbocycles. The van der Waals surface area contributed by atoms with E-state index in [0.29, 0.717) is 83.4 Å². The minimum absolute atomic E-state index is 0.217. The van der Waals surface area contributed by atoms with Gasteiger partial charge in [0, 0.05) is 16.1 Å². The summed E-state index contributed by atoms with van der Waals surface area (Å²) in [5.41, 5.74) is 0. The molecule has 17 unspecified atom stereocenters. The van der Waals surface area contributed by atoms with E-state index in [9.17, 15) is 0 Å². The number of hydrogen-bond donors (Lipinski definition) is 8. The van der Waals surface area contributed by atoms with Crippen LogP contribution in [-0.4, -0.2) is 54.6 Å². The first-order valence-corrected chi connectivity index (χ1v) is 39.2. The summed E-state index contributed by atoms with van der Waals surface area (Å²) in [4.78, 5) is 1.43. The number of fused-ring (bicyclic) bond motifs is 34. The van der Waals surface area contributed by atoms with Crippen molar-refractivity contribution in [3.8, 4) is 0 Å². The van der Waals surface area contributed by atoms with Crippen LogP contribution in [-0.2, 0) is 0 Å². The Labute approximate surface area is 581 Å². The molecular formula is C90H86N8S. The average Bonchev–Trinajstić information content (AvgIpc) is 1.10. The Hall–Kier alpha value is -7.51. The third kappa shape index (κ3) is 9.47. The number of nitrogens with one attached hydrogen (secondary N) is 8. The molecule has 0 radical (unpaired) electrons. The molecule has 492 valence electrons. The van der Waals surface area contributed by atoms with Gasteiger partial charge in [-0.25, -0.2) is 0 Å². The van der Waals surface area contributed by atoms with E-state index in [1.807, 2.05) is 0 Å². The molecule has 9 heteroatoms. The highest BCUT2D eigenvalue weighted by Crippen LogP contribution is 2.51. The van der Waals surface area contributed by atoms with E-state index in [1.54, 1.807) is 0 Å². The summed E-state index contributed by atoms with van der Waals surface area (Å²) in [5.74, 6) is 4.98. The molecule has 23 rings (SSSR count). The van der Waals surface area contributed by atoms with E-state index in [2.05, 4.69) is 242 Å². The van der Waals surface area contributed by atoms with Gasteiger partial charge in [-0.3, -0.25) is 42.5 Å². The third-order valence-electron chi connectivity index (χ3n) is 27.4. The van der Waals surface area contributed by atoms with Crippen molar-refractivity contribution in [3.63, 3.8) is 0 Å². The van der Waals surface area contributed by atoms with E-state index in [1.165, 1.54) is 241 Å². The van der Waals surface area contributed by atoms with Crippen molar-refractivity contribution in [2.75, 3.05) is 0 Å². The van der Waals surface area contributed by atoms with Gasteiger partial charge >= 0.3 is 0 Å². The van der Waals surface area contributed by atoms with Crippen LogP contribution in [0.15, 0.2) is 193 Å². The topological polar surface area (TPSA) is 96.2 Å². The Balaban J connectivity index is 0.567. The second-order valence-corrected chi connectivity index (χ2v) is 33.9. The lowest BCUT2D eigenvalue weighted by Gasteiger charge is -2.39. The van der Waals surface area contributed by atoms with Gasteiger partial charge < -0.3 is 0 Å². The lowest BCUT2D eigenvalue weighted by atomic mass is 9.76. The van der Waals surface area contributed by atoms with Crippen LogP contribution in [0.3, 0.4) is 0 Å². The maximum absolute atomic E-state index is 4.50. The first-order chi connectivity index (χ1) is 48.9. The van der Waals surface area contributed by atoms with E-state index >= 15 is 0 Å². The highest BCUT2D eigenvalue weighted by molar-refractivity contribution is 8.00. The fourth-order valence-corrected chi connectivity index (χ4v) is 24.2. The molecule has 5 aliphatic heterocycles. The fraction of sp³-hybridized carbons (Fsp3) is 0.356. The number of hydrogen-bond acceptors (Lipinski definition) is 9. The van der Waals surface area contributed by atoms with Crippen LogP contribution in [0.5, 0.6) is 0 Å². The van der Waals surface area contributed by atoms with Crippen LogP contribution in [0.1, 0.15) is 96.3 Å². The van der Waals surface area contributed by atoms with Crippen molar-refractivity contribution in [1.29, 1.82) is 0 Å². The molecule has 14 aromatic rings. The molecule has 5 saturated heterocycles. The molecule has 4 aliphatic carbocycles. The molecule has 5 heterocycles. The van der Waals surface area contributed by atoms with Crippen molar-refractivity contribution in [2.45, 2.75) is 156 Å². The number of benzene rings is 14. The van der Waals surface area contributed by atoms with Crippen molar-refractivity contribution < 1.29 is 0 Å². The highest BCUT2D eigenvalue weighted by atomic mass is 32.2. The highest BCUT2D eigenvalue weighted by Gasteiger charge is 2.56. The lowest BCUT2D eigenvalue weighted by molar-refractivity contribution is 0.169. The van der Waals surface area contributed by atoms with Gasteiger partial charge in [0.2, 0.25) is 0 Å². The summed E-state index contributed by atoms with van der Waals surface area (Å²) in [6, 6.07) is 73.9. The molecule has 0 amide bonds. The fourth-order valence-electron chi connectivity index (χ4n) is 22.7. The number of thioether (sulfide) groups is 1. The van der Waals surface area contributed by atoms with Gasteiger partial charge in [-0.2, -0.15) is 0 Å². The van der Waals surface area contributed by atoms with Crippen molar-refractivity contribution in [2.24, 2.45) is 47.3 Å². The summed E-state index contributed by atoms with van der Waals surface area (Å²) in [6.07, 6.45) is 22.3. The zero-order valence-electron chi connectivity index (χ0n) is 56.2. The molecular weight excluding hydrogens is 1230 g/mol. The summed E-state index contributed by atoms with van der Waals surface area (Å²) < 4.78 is 0. The van der Waals surface area contributed by atoms with Gasteiger partial charge in [0.25, 0.3) is 0 Å². The molecule has 99 heavy (non-hydrogen) atoms.